The van der Waals surface area contributed by atoms with Gasteiger partial charge in [-0.1, -0.05) is 23.8 Å². The maximum absolute atomic E-state index is 12.2. The Morgan fingerprint density at radius 2 is 2.16 bits per heavy atom. The van der Waals surface area contributed by atoms with Gasteiger partial charge in [0.15, 0.2) is 0 Å². The Labute approximate surface area is 126 Å². The van der Waals surface area contributed by atoms with Gasteiger partial charge in [0.1, 0.15) is 0 Å². The van der Waals surface area contributed by atoms with E-state index in [4.69, 9.17) is 29.6 Å². The first-order valence-electron chi connectivity index (χ1n) is 5.99. The molecule has 104 valence electrons. The largest absolute Gasteiger partial charge is 0.391 e. The number of nitrogens with two attached hydrogens (primary N) is 1. The third-order valence-electron chi connectivity index (χ3n) is 3.46. The maximum atomic E-state index is 12.2. The summed E-state index contributed by atoms with van der Waals surface area (Å²) in [5.41, 5.74) is 5.28. The number of hydrogen-bond acceptors (Lipinski definition) is 4. The van der Waals surface area contributed by atoms with Crippen LogP contribution in [0.2, 0.25) is 4.34 Å². The highest BCUT2D eigenvalue weighted by molar-refractivity contribution is 7.80. The monoisotopic (exact) mass is 317 g/mol. The molecular formula is C12H16ClN3OS2. The molecule has 2 heterocycles. The van der Waals surface area contributed by atoms with Gasteiger partial charge < -0.3 is 16.0 Å². The van der Waals surface area contributed by atoms with Crippen LogP contribution in [0.4, 0.5) is 0 Å². The van der Waals surface area contributed by atoms with Gasteiger partial charge in [0.2, 0.25) is 0 Å². The van der Waals surface area contributed by atoms with E-state index in [2.05, 4.69) is 10.2 Å². The summed E-state index contributed by atoms with van der Waals surface area (Å²) in [5.74, 6) is -0.158. The fraction of sp³-hybridized carbons (Fsp3) is 0.500. The lowest BCUT2D eigenvalue weighted by atomic mass is 9.87. The first-order valence-corrected chi connectivity index (χ1v) is 7.59. The quantitative estimate of drug-likeness (QED) is 0.836. The van der Waals surface area contributed by atoms with E-state index >= 15 is 0 Å². The third-order valence-corrected chi connectivity index (χ3v) is 5.08. The zero-order chi connectivity index (χ0) is 14.0. The van der Waals surface area contributed by atoms with Crippen LogP contribution in [0.3, 0.4) is 0 Å². The molecule has 0 bridgehead atoms. The molecule has 1 aromatic heterocycles. The number of amides is 1. The van der Waals surface area contributed by atoms with Crippen molar-refractivity contribution in [3.63, 3.8) is 0 Å². The van der Waals surface area contributed by atoms with Crippen molar-refractivity contribution in [2.24, 2.45) is 5.73 Å². The number of carbonyl (C=O) groups excluding carboxylic acids is 1. The Morgan fingerprint density at radius 3 is 2.63 bits per heavy atom. The summed E-state index contributed by atoms with van der Waals surface area (Å²) in [4.78, 5) is 15.4. The molecule has 1 saturated heterocycles. The summed E-state index contributed by atoms with van der Waals surface area (Å²) in [5, 5.41) is 3.00. The van der Waals surface area contributed by atoms with Crippen LogP contribution in [0, 0.1) is 0 Å². The van der Waals surface area contributed by atoms with Crippen LogP contribution in [0.25, 0.3) is 0 Å². The maximum Gasteiger partial charge on any atom is 0.262 e. The predicted molar refractivity (Wildman–Crippen MR) is 83.0 cm³/mol. The summed E-state index contributed by atoms with van der Waals surface area (Å²) in [6.07, 6.45) is 1.48. The second-order valence-corrected chi connectivity index (χ2v) is 6.96. The van der Waals surface area contributed by atoms with Crippen LogP contribution in [0.1, 0.15) is 22.5 Å². The van der Waals surface area contributed by atoms with Crippen molar-refractivity contribution in [1.29, 1.82) is 0 Å². The van der Waals surface area contributed by atoms with Crippen molar-refractivity contribution in [3.8, 4) is 0 Å². The van der Waals surface area contributed by atoms with E-state index in [0.717, 1.165) is 25.9 Å². The summed E-state index contributed by atoms with van der Waals surface area (Å²) in [7, 11) is 2.05. The number of nitrogens with one attached hydrogen (secondary N) is 1. The zero-order valence-corrected chi connectivity index (χ0v) is 13.0. The molecule has 1 fully saturated rings. The summed E-state index contributed by atoms with van der Waals surface area (Å²) < 4.78 is 0.595. The van der Waals surface area contributed by atoms with E-state index < -0.39 is 5.54 Å². The Morgan fingerprint density at radius 1 is 1.53 bits per heavy atom. The molecule has 19 heavy (non-hydrogen) atoms. The van der Waals surface area contributed by atoms with Crippen molar-refractivity contribution in [3.05, 3.63) is 21.3 Å². The highest BCUT2D eigenvalue weighted by Crippen LogP contribution is 2.25. The van der Waals surface area contributed by atoms with Crippen molar-refractivity contribution < 1.29 is 4.79 Å². The molecule has 3 N–H and O–H groups in total. The van der Waals surface area contributed by atoms with Crippen molar-refractivity contribution in [1.82, 2.24) is 10.2 Å². The van der Waals surface area contributed by atoms with Gasteiger partial charge in [-0.3, -0.25) is 4.79 Å². The van der Waals surface area contributed by atoms with Gasteiger partial charge in [-0.15, -0.1) is 11.3 Å². The molecule has 4 nitrogen and oxygen atoms in total. The highest BCUT2D eigenvalue weighted by atomic mass is 35.5. The Hall–Kier alpha value is -0.690. The fourth-order valence-electron chi connectivity index (χ4n) is 2.15. The third kappa shape index (κ3) is 3.25. The van der Waals surface area contributed by atoms with Crippen molar-refractivity contribution in [2.45, 2.75) is 18.4 Å². The normalized spacial score (nSPS) is 19.1. The van der Waals surface area contributed by atoms with Crippen LogP contribution in [-0.2, 0) is 0 Å². The molecule has 0 saturated carbocycles. The zero-order valence-electron chi connectivity index (χ0n) is 10.6. The number of piperidine rings is 1. The van der Waals surface area contributed by atoms with Crippen LogP contribution >= 0.6 is 35.2 Å². The number of thiophene rings is 1. The average Bonchev–Trinajstić information content (AvgIpc) is 2.79. The number of likely N-dealkylation sites (tertiary alicyclic amines) is 1. The summed E-state index contributed by atoms with van der Waals surface area (Å²) in [6.45, 7) is 1.73. The minimum Gasteiger partial charge on any atom is -0.391 e. The minimum absolute atomic E-state index is 0.158. The highest BCUT2D eigenvalue weighted by Gasteiger charge is 2.38. The molecule has 0 spiro atoms. The molecule has 0 radical (unpaired) electrons. The molecule has 1 aliphatic rings. The first-order chi connectivity index (χ1) is 8.93. The first kappa shape index (κ1) is 14.7. The second-order valence-electron chi connectivity index (χ2n) is 4.81. The van der Waals surface area contributed by atoms with Gasteiger partial charge in [-0.05, 0) is 32.0 Å². The van der Waals surface area contributed by atoms with Gasteiger partial charge in [-0.2, -0.15) is 0 Å². The second kappa shape index (κ2) is 5.75. The molecule has 0 aliphatic carbocycles. The number of halogens is 1. The standard InChI is InChI=1S/C12H16ClN3OS2/c1-16-6-4-12(5-7-16,11(14)18)15-10(17)8-2-3-9(13)19-8/h2-3H,4-7H2,1H3,(H2,14,18)(H,15,17). The molecule has 1 amide bonds. The van der Waals surface area contributed by atoms with E-state index in [1.807, 2.05) is 7.05 Å². The van der Waals surface area contributed by atoms with Gasteiger partial charge in [-0.25, -0.2) is 0 Å². The van der Waals surface area contributed by atoms with Crippen molar-refractivity contribution >= 4 is 46.1 Å². The number of thiocarbonyl (C=S) groups is 1. The van der Waals surface area contributed by atoms with E-state index in [0.29, 0.717) is 14.2 Å². The predicted octanol–water partition coefficient (Wildman–Crippen LogP) is 1.88. The molecule has 0 unspecified atom stereocenters. The SMILES string of the molecule is CN1CCC(NC(=O)c2ccc(Cl)s2)(C(N)=S)CC1. The van der Waals surface area contributed by atoms with Crippen LogP contribution in [0.5, 0.6) is 0 Å². The van der Waals surface area contributed by atoms with E-state index in [1.165, 1.54) is 11.3 Å². The van der Waals surface area contributed by atoms with Crippen LogP contribution in [0.15, 0.2) is 12.1 Å². The molecular weight excluding hydrogens is 302 g/mol. The molecule has 2 rings (SSSR count). The molecule has 0 atom stereocenters. The summed E-state index contributed by atoms with van der Waals surface area (Å²) in [6, 6.07) is 3.42. The van der Waals surface area contributed by atoms with Gasteiger partial charge in [0.25, 0.3) is 5.91 Å². The van der Waals surface area contributed by atoms with E-state index in [9.17, 15) is 4.79 Å². The lowest BCUT2D eigenvalue weighted by molar-refractivity contribution is 0.0894. The summed E-state index contributed by atoms with van der Waals surface area (Å²) >= 11 is 12.3. The van der Waals surface area contributed by atoms with E-state index in [-0.39, 0.29) is 5.91 Å². The molecule has 0 aromatic carbocycles. The van der Waals surface area contributed by atoms with Crippen LogP contribution in [-0.4, -0.2) is 41.5 Å². The van der Waals surface area contributed by atoms with Gasteiger partial charge in [0.05, 0.1) is 19.7 Å². The number of rotatable bonds is 3. The van der Waals surface area contributed by atoms with Gasteiger partial charge >= 0.3 is 0 Å². The van der Waals surface area contributed by atoms with Crippen molar-refractivity contribution in [2.75, 3.05) is 20.1 Å². The van der Waals surface area contributed by atoms with Gasteiger partial charge in [0, 0.05) is 13.1 Å². The smallest absolute Gasteiger partial charge is 0.262 e. The molecule has 7 heteroatoms. The Balaban J connectivity index is 2.13. The lowest BCUT2D eigenvalue weighted by Crippen LogP contribution is -2.61. The van der Waals surface area contributed by atoms with E-state index in [1.54, 1.807) is 12.1 Å². The average molecular weight is 318 g/mol. The topological polar surface area (TPSA) is 58.4 Å². The molecule has 1 aliphatic heterocycles. The number of carbonyl (C=O) groups is 1. The number of nitrogens with zero attached hydrogens (tertiary/aromatic N) is 1. The minimum atomic E-state index is -0.574. The molecule has 1 aromatic rings. The Bertz CT molecular complexity index is 495. The number of hydrogen-bond donors (Lipinski definition) is 2. The lowest BCUT2D eigenvalue weighted by Gasteiger charge is -2.40. The fourth-order valence-corrected chi connectivity index (χ4v) is 3.34. The Kier molecular flexibility index (Phi) is 4.45. The van der Waals surface area contributed by atoms with Crippen LogP contribution < -0.4 is 11.1 Å².